The fourth-order valence-electron chi connectivity index (χ4n) is 1.77. The molecule has 1 atom stereocenters. The second-order valence-corrected chi connectivity index (χ2v) is 4.53. The van der Waals surface area contributed by atoms with Crippen molar-refractivity contribution in [2.45, 2.75) is 25.4 Å². The van der Waals surface area contributed by atoms with E-state index in [2.05, 4.69) is 5.32 Å². The fourth-order valence-corrected chi connectivity index (χ4v) is 1.77. The molecule has 1 aromatic rings. The van der Waals surface area contributed by atoms with Gasteiger partial charge in [0, 0.05) is 31.4 Å². The van der Waals surface area contributed by atoms with Gasteiger partial charge in [0.05, 0.1) is 6.61 Å². The topological polar surface area (TPSA) is 41.5 Å². The van der Waals surface area contributed by atoms with Crippen LogP contribution >= 0.6 is 0 Å². The van der Waals surface area contributed by atoms with E-state index in [9.17, 15) is 8.78 Å². The molecule has 0 saturated carbocycles. The number of aliphatic hydroxyl groups excluding tert-OH is 1. The summed E-state index contributed by atoms with van der Waals surface area (Å²) in [4.78, 5) is 0. The Kier molecular flexibility index (Phi) is 5.65. The van der Waals surface area contributed by atoms with Gasteiger partial charge in [0.2, 0.25) is 0 Å². The minimum Gasteiger partial charge on any atom is -0.396 e. The molecule has 18 heavy (non-hydrogen) atoms. The van der Waals surface area contributed by atoms with Crippen molar-refractivity contribution >= 4 is 0 Å². The lowest BCUT2D eigenvalue weighted by Gasteiger charge is -2.29. The first-order valence-corrected chi connectivity index (χ1v) is 5.80. The highest BCUT2D eigenvalue weighted by atomic mass is 19.2. The number of hydrogen-bond donors (Lipinski definition) is 2. The largest absolute Gasteiger partial charge is 0.396 e. The Hall–Kier alpha value is -1.04. The molecule has 0 aliphatic heterocycles. The van der Waals surface area contributed by atoms with Crippen LogP contribution in [0.25, 0.3) is 0 Å². The Morgan fingerprint density at radius 2 is 2.11 bits per heavy atom. The molecule has 0 radical (unpaired) electrons. The highest BCUT2D eigenvalue weighted by molar-refractivity contribution is 5.19. The molecule has 0 spiro atoms. The van der Waals surface area contributed by atoms with Crippen LogP contribution in [-0.2, 0) is 11.3 Å². The van der Waals surface area contributed by atoms with Crippen LogP contribution in [0, 0.1) is 11.6 Å². The van der Waals surface area contributed by atoms with Gasteiger partial charge in [-0.05, 0) is 19.4 Å². The van der Waals surface area contributed by atoms with Gasteiger partial charge in [0.1, 0.15) is 0 Å². The highest BCUT2D eigenvalue weighted by Crippen LogP contribution is 2.15. The van der Waals surface area contributed by atoms with Crippen molar-refractivity contribution in [2.24, 2.45) is 0 Å². The van der Waals surface area contributed by atoms with Gasteiger partial charge in [-0.3, -0.25) is 0 Å². The summed E-state index contributed by atoms with van der Waals surface area (Å²) >= 11 is 0. The van der Waals surface area contributed by atoms with Crippen LogP contribution < -0.4 is 5.32 Å². The normalized spacial score (nSPS) is 14.5. The van der Waals surface area contributed by atoms with Crippen molar-refractivity contribution in [1.82, 2.24) is 5.32 Å². The predicted molar refractivity (Wildman–Crippen MR) is 65.2 cm³/mol. The van der Waals surface area contributed by atoms with Gasteiger partial charge in [0.15, 0.2) is 11.6 Å². The van der Waals surface area contributed by atoms with Crippen LogP contribution in [0.15, 0.2) is 18.2 Å². The average Bonchev–Trinajstić information content (AvgIpc) is 2.32. The molecule has 0 aromatic heterocycles. The van der Waals surface area contributed by atoms with Crippen molar-refractivity contribution in [1.29, 1.82) is 0 Å². The molecule has 0 aliphatic carbocycles. The quantitative estimate of drug-likeness (QED) is 0.785. The van der Waals surface area contributed by atoms with Gasteiger partial charge in [-0.15, -0.1) is 0 Å². The molecular weight excluding hydrogens is 240 g/mol. The summed E-state index contributed by atoms with van der Waals surface area (Å²) in [5.74, 6) is -1.70. The van der Waals surface area contributed by atoms with Crippen molar-refractivity contribution in [3.8, 4) is 0 Å². The van der Waals surface area contributed by atoms with Gasteiger partial charge in [-0.1, -0.05) is 12.1 Å². The second-order valence-electron chi connectivity index (χ2n) is 4.53. The van der Waals surface area contributed by atoms with Crippen LogP contribution in [0.5, 0.6) is 0 Å². The molecule has 0 amide bonds. The van der Waals surface area contributed by atoms with Crippen molar-refractivity contribution in [2.75, 3.05) is 20.3 Å². The molecule has 2 N–H and O–H groups in total. The zero-order valence-corrected chi connectivity index (χ0v) is 10.7. The first-order valence-electron chi connectivity index (χ1n) is 5.80. The Labute approximate surface area is 106 Å². The zero-order valence-electron chi connectivity index (χ0n) is 10.7. The number of benzene rings is 1. The van der Waals surface area contributed by atoms with Crippen molar-refractivity contribution < 1.29 is 18.6 Å². The van der Waals surface area contributed by atoms with E-state index in [4.69, 9.17) is 9.84 Å². The highest BCUT2D eigenvalue weighted by Gasteiger charge is 2.23. The van der Waals surface area contributed by atoms with Crippen LogP contribution in [0.1, 0.15) is 18.9 Å². The third kappa shape index (κ3) is 4.01. The van der Waals surface area contributed by atoms with E-state index in [1.807, 2.05) is 6.92 Å². The van der Waals surface area contributed by atoms with Gasteiger partial charge in [-0.25, -0.2) is 8.78 Å². The molecule has 1 rings (SSSR count). The number of halogens is 2. The van der Waals surface area contributed by atoms with E-state index in [0.717, 1.165) is 6.07 Å². The number of ether oxygens (including phenoxy) is 1. The molecule has 3 nitrogen and oxygen atoms in total. The number of rotatable bonds is 7. The lowest BCUT2D eigenvalue weighted by Crippen LogP contribution is -2.46. The van der Waals surface area contributed by atoms with Gasteiger partial charge in [0.25, 0.3) is 0 Å². The maximum Gasteiger partial charge on any atom is 0.163 e. The molecular formula is C13H19F2NO2. The molecule has 0 bridgehead atoms. The first kappa shape index (κ1) is 15.0. The molecule has 102 valence electrons. The van der Waals surface area contributed by atoms with Crippen molar-refractivity contribution in [3.05, 3.63) is 35.4 Å². The maximum absolute atomic E-state index is 13.5. The third-order valence-corrected chi connectivity index (χ3v) is 2.86. The summed E-state index contributed by atoms with van der Waals surface area (Å²) in [6.07, 6.45) is 0.470. The van der Waals surface area contributed by atoms with Gasteiger partial charge < -0.3 is 15.2 Å². The lowest BCUT2D eigenvalue weighted by molar-refractivity contribution is 0.0967. The van der Waals surface area contributed by atoms with Crippen LogP contribution in [-0.4, -0.2) is 31.0 Å². The molecule has 1 aromatic carbocycles. The Morgan fingerprint density at radius 1 is 1.39 bits per heavy atom. The van der Waals surface area contributed by atoms with Crippen molar-refractivity contribution in [3.63, 3.8) is 0 Å². The van der Waals surface area contributed by atoms with E-state index < -0.39 is 17.2 Å². The molecule has 0 saturated heterocycles. The van der Waals surface area contributed by atoms with E-state index in [1.54, 1.807) is 7.11 Å². The Morgan fingerprint density at radius 3 is 2.72 bits per heavy atom. The first-order chi connectivity index (χ1) is 8.52. The second kappa shape index (κ2) is 6.78. The molecule has 1 unspecified atom stereocenters. The molecule has 0 fully saturated rings. The maximum atomic E-state index is 13.5. The summed E-state index contributed by atoms with van der Waals surface area (Å²) in [5, 5.41) is 12.1. The number of methoxy groups -OCH3 is 1. The van der Waals surface area contributed by atoms with Crippen LogP contribution in [0.3, 0.4) is 0 Å². The number of aliphatic hydroxyl groups is 1. The summed E-state index contributed by atoms with van der Waals surface area (Å²) in [6.45, 7) is 2.43. The zero-order chi connectivity index (χ0) is 13.6. The third-order valence-electron chi connectivity index (χ3n) is 2.86. The average molecular weight is 259 g/mol. The van der Waals surface area contributed by atoms with E-state index in [-0.39, 0.29) is 18.7 Å². The fraction of sp³-hybridized carbons (Fsp3) is 0.538. The van der Waals surface area contributed by atoms with E-state index >= 15 is 0 Å². The molecule has 0 heterocycles. The minimum atomic E-state index is -0.857. The Bertz CT molecular complexity index is 379. The van der Waals surface area contributed by atoms with Crippen LogP contribution in [0.4, 0.5) is 8.78 Å². The number of nitrogens with one attached hydrogen (secondary N) is 1. The van der Waals surface area contributed by atoms with E-state index in [1.165, 1.54) is 12.1 Å². The van der Waals surface area contributed by atoms with Gasteiger partial charge in [-0.2, -0.15) is 0 Å². The summed E-state index contributed by atoms with van der Waals surface area (Å²) in [7, 11) is 1.56. The van der Waals surface area contributed by atoms with E-state index in [0.29, 0.717) is 13.0 Å². The summed E-state index contributed by atoms with van der Waals surface area (Å²) < 4.78 is 31.5. The monoisotopic (exact) mass is 259 g/mol. The molecule has 0 aliphatic rings. The molecule has 5 heteroatoms. The Balaban J connectivity index is 2.69. The van der Waals surface area contributed by atoms with Gasteiger partial charge >= 0.3 is 0 Å². The summed E-state index contributed by atoms with van der Waals surface area (Å²) in [6, 6.07) is 4.08. The van der Waals surface area contributed by atoms with Crippen LogP contribution in [0.2, 0.25) is 0 Å². The standard InChI is InChI=1S/C13H19F2NO2/c1-13(6-7-17,9-18-2)16-8-10-4-3-5-11(14)12(10)15/h3-5,16-17H,6-9H2,1-2H3. The predicted octanol–water partition coefficient (Wildman–Crippen LogP) is 1.84. The number of hydrogen-bond acceptors (Lipinski definition) is 3. The SMILES string of the molecule is COCC(C)(CCO)NCc1cccc(F)c1F. The minimum absolute atomic E-state index is 0.00150. The smallest absolute Gasteiger partial charge is 0.163 e. The summed E-state index contributed by atoms with van der Waals surface area (Å²) in [5.41, 5.74) is -0.210. The lowest BCUT2D eigenvalue weighted by atomic mass is 9.99.